The van der Waals surface area contributed by atoms with Gasteiger partial charge in [0.15, 0.2) is 5.76 Å². The molecule has 0 spiro atoms. The molecule has 0 bridgehead atoms. The zero-order chi connectivity index (χ0) is 17.3. The molecule has 5 nitrogen and oxygen atoms in total. The Kier molecular flexibility index (Phi) is 4.66. The lowest BCUT2D eigenvalue weighted by atomic mass is 10.1. The highest BCUT2D eigenvalue weighted by atomic mass is 32.2. The van der Waals surface area contributed by atoms with Gasteiger partial charge in [-0.1, -0.05) is 12.1 Å². The highest BCUT2D eigenvalue weighted by molar-refractivity contribution is 7.99. The third-order valence-corrected chi connectivity index (χ3v) is 5.38. The lowest BCUT2D eigenvalue weighted by molar-refractivity contribution is -0.119. The second-order valence-electron chi connectivity index (χ2n) is 5.96. The second-order valence-corrected chi connectivity index (χ2v) is 6.96. The molecule has 3 rings (SSSR count). The number of rotatable bonds is 3. The molecule has 1 fully saturated rings. The molecule has 1 aliphatic heterocycles. The van der Waals surface area contributed by atoms with Crippen LogP contribution in [-0.4, -0.2) is 34.4 Å². The monoisotopic (exact) mass is 344 g/mol. The molecular weight excluding hydrogens is 324 g/mol. The molecule has 6 heteroatoms. The molecule has 2 heterocycles. The van der Waals surface area contributed by atoms with Crippen molar-refractivity contribution in [1.82, 2.24) is 4.90 Å². The van der Waals surface area contributed by atoms with Crippen molar-refractivity contribution < 1.29 is 14.0 Å². The Morgan fingerprint density at radius 1 is 1.21 bits per heavy atom. The molecule has 126 valence electrons. The highest BCUT2D eigenvalue weighted by Gasteiger charge is 2.36. The molecule has 1 aliphatic rings. The SMILES string of the molecule is Cc1ccoc1C(=O)N1CSC[C@@H]1C(=O)Nc1cccc(C)c1C. The summed E-state index contributed by atoms with van der Waals surface area (Å²) in [6.07, 6.45) is 1.50. The van der Waals surface area contributed by atoms with Crippen LogP contribution >= 0.6 is 11.8 Å². The van der Waals surface area contributed by atoms with Gasteiger partial charge in [-0.15, -0.1) is 11.8 Å². The fraction of sp³-hybridized carbons (Fsp3) is 0.333. The van der Waals surface area contributed by atoms with E-state index in [2.05, 4.69) is 5.32 Å². The van der Waals surface area contributed by atoms with Crippen molar-refractivity contribution in [3.05, 3.63) is 53.0 Å². The van der Waals surface area contributed by atoms with Gasteiger partial charge in [0.25, 0.3) is 5.91 Å². The van der Waals surface area contributed by atoms with Crippen LogP contribution in [0.4, 0.5) is 5.69 Å². The highest BCUT2D eigenvalue weighted by Crippen LogP contribution is 2.26. The summed E-state index contributed by atoms with van der Waals surface area (Å²) in [6.45, 7) is 5.81. The van der Waals surface area contributed by atoms with Gasteiger partial charge in [0.05, 0.1) is 12.1 Å². The van der Waals surface area contributed by atoms with E-state index in [1.54, 1.807) is 22.7 Å². The number of hydrogen-bond donors (Lipinski definition) is 1. The summed E-state index contributed by atoms with van der Waals surface area (Å²) in [5.41, 5.74) is 3.73. The third-order valence-electron chi connectivity index (χ3n) is 4.36. The number of amides is 2. The van der Waals surface area contributed by atoms with Crippen molar-refractivity contribution in [2.75, 3.05) is 16.9 Å². The fourth-order valence-corrected chi connectivity index (χ4v) is 3.84. The minimum atomic E-state index is -0.494. The molecule has 1 atom stereocenters. The van der Waals surface area contributed by atoms with Crippen molar-refractivity contribution in [2.24, 2.45) is 0 Å². The predicted octanol–water partition coefficient (Wildman–Crippen LogP) is 3.36. The quantitative estimate of drug-likeness (QED) is 0.927. The van der Waals surface area contributed by atoms with E-state index < -0.39 is 6.04 Å². The summed E-state index contributed by atoms with van der Waals surface area (Å²) in [4.78, 5) is 26.9. The Hall–Kier alpha value is -2.21. The number of aryl methyl sites for hydroxylation is 2. The van der Waals surface area contributed by atoms with Crippen molar-refractivity contribution in [1.29, 1.82) is 0 Å². The van der Waals surface area contributed by atoms with Crippen LogP contribution in [-0.2, 0) is 4.79 Å². The number of carbonyl (C=O) groups excluding carboxylic acids is 2. The fourth-order valence-electron chi connectivity index (χ4n) is 2.68. The number of anilines is 1. The van der Waals surface area contributed by atoms with Crippen LogP contribution in [0.15, 0.2) is 34.9 Å². The largest absolute Gasteiger partial charge is 0.459 e. The van der Waals surface area contributed by atoms with Gasteiger partial charge < -0.3 is 14.6 Å². The number of carbonyl (C=O) groups is 2. The van der Waals surface area contributed by atoms with Gasteiger partial charge >= 0.3 is 0 Å². The molecule has 1 N–H and O–H groups in total. The minimum absolute atomic E-state index is 0.161. The van der Waals surface area contributed by atoms with E-state index in [9.17, 15) is 9.59 Å². The van der Waals surface area contributed by atoms with E-state index in [1.807, 2.05) is 39.0 Å². The molecule has 0 unspecified atom stereocenters. The van der Waals surface area contributed by atoms with E-state index in [0.717, 1.165) is 22.4 Å². The topological polar surface area (TPSA) is 62.6 Å². The maximum absolute atomic E-state index is 12.7. The molecule has 1 aromatic heterocycles. The van der Waals surface area contributed by atoms with Crippen LogP contribution in [0.5, 0.6) is 0 Å². The molecule has 0 aliphatic carbocycles. The zero-order valence-electron chi connectivity index (χ0n) is 14.0. The van der Waals surface area contributed by atoms with Crippen molar-refractivity contribution in [3.8, 4) is 0 Å². The molecule has 24 heavy (non-hydrogen) atoms. The average Bonchev–Trinajstić information content (AvgIpc) is 3.20. The number of benzene rings is 1. The molecule has 2 amide bonds. The molecule has 0 saturated carbocycles. The van der Waals surface area contributed by atoms with Crippen molar-refractivity contribution >= 4 is 29.3 Å². The summed E-state index contributed by atoms with van der Waals surface area (Å²) in [5, 5.41) is 2.96. The number of nitrogens with zero attached hydrogens (tertiary/aromatic N) is 1. The van der Waals surface area contributed by atoms with Gasteiger partial charge in [0, 0.05) is 17.0 Å². The summed E-state index contributed by atoms with van der Waals surface area (Å²) in [5.74, 6) is 0.989. The Labute approximate surface area is 145 Å². The zero-order valence-corrected chi connectivity index (χ0v) is 14.8. The van der Waals surface area contributed by atoms with Crippen LogP contribution in [0.2, 0.25) is 0 Å². The molecule has 1 aromatic carbocycles. The molecule has 0 radical (unpaired) electrons. The van der Waals surface area contributed by atoms with Crippen molar-refractivity contribution in [3.63, 3.8) is 0 Å². The van der Waals surface area contributed by atoms with Gasteiger partial charge in [-0.2, -0.15) is 0 Å². The van der Waals surface area contributed by atoms with E-state index in [0.29, 0.717) is 17.4 Å². The van der Waals surface area contributed by atoms with Crippen LogP contribution < -0.4 is 5.32 Å². The van der Waals surface area contributed by atoms with E-state index in [1.165, 1.54) is 6.26 Å². The Morgan fingerprint density at radius 3 is 2.71 bits per heavy atom. The first kappa shape index (κ1) is 16.6. The average molecular weight is 344 g/mol. The normalized spacial score (nSPS) is 17.1. The maximum atomic E-state index is 12.7. The molecule has 1 saturated heterocycles. The second kappa shape index (κ2) is 6.73. The van der Waals surface area contributed by atoms with Crippen LogP contribution in [0, 0.1) is 20.8 Å². The smallest absolute Gasteiger partial charge is 0.291 e. The first-order valence-electron chi connectivity index (χ1n) is 7.79. The minimum Gasteiger partial charge on any atom is -0.459 e. The van der Waals surface area contributed by atoms with E-state index in [-0.39, 0.29) is 11.8 Å². The van der Waals surface area contributed by atoms with Crippen LogP contribution in [0.1, 0.15) is 27.2 Å². The van der Waals surface area contributed by atoms with E-state index in [4.69, 9.17) is 4.42 Å². The standard InChI is InChI=1S/C18H20N2O3S/c1-11-5-4-6-14(13(11)3)19-17(21)15-9-24-10-20(15)18(22)16-12(2)7-8-23-16/h4-8,15H,9-10H2,1-3H3,(H,19,21)/t15-/m1/s1. The molecule has 2 aromatic rings. The maximum Gasteiger partial charge on any atom is 0.291 e. The summed E-state index contributed by atoms with van der Waals surface area (Å²) in [7, 11) is 0. The van der Waals surface area contributed by atoms with E-state index >= 15 is 0 Å². The van der Waals surface area contributed by atoms with Crippen molar-refractivity contribution in [2.45, 2.75) is 26.8 Å². The lowest BCUT2D eigenvalue weighted by Gasteiger charge is -2.23. The predicted molar refractivity (Wildman–Crippen MR) is 95.3 cm³/mol. The van der Waals surface area contributed by atoms with Crippen LogP contribution in [0.3, 0.4) is 0 Å². The summed E-state index contributed by atoms with van der Waals surface area (Å²) in [6, 6.07) is 7.06. The number of thioether (sulfide) groups is 1. The number of hydrogen-bond acceptors (Lipinski definition) is 4. The first-order chi connectivity index (χ1) is 11.5. The van der Waals surface area contributed by atoms with Gasteiger partial charge in [-0.3, -0.25) is 9.59 Å². The summed E-state index contributed by atoms with van der Waals surface area (Å²) < 4.78 is 5.29. The first-order valence-corrected chi connectivity index (χ1v) is 8.94. The van der Waals surface area contributed by atoms with Gasteiger partial charge in [0.2, 0.25) is 5.91 Å². The molecular formula is C18H20N2O3S. The Bertz CT molecular complexity index is 784. The van der Waals surface area contributed by atoms with Crippen LogP contribution in [0.25, 0.3) is 0 Å². The van der Waals surface area contributed by atoms with Gasteiger partial charge in [-0.05, 0) is 44.0 Å². The van der Waals surface area contributed by atoms with Gasteiger partial charge in [0.1, 0.15) is 6.04 Å². The Morgan fingerprint density at radius 2 is 2.00 bits per heavy atom. The van der Waals surface area contributed by atoms with Gasteiger partial charge in [-0.25, -0.2) is 0 Å². The lowest BCUT2D eigenvalue weighted by Crippen LogP contribution is -2.44. The summed E-state index contributed by atoms with van der Waals surface area (Å²) >= 11 is 1.57. The number of furan rings is 1. The third kappa shape index (κ3) is 3.06. The number of nitrogens with one attached hydrogen (secondary N) is 1. The Balaban J connectivity index is 1.78.